The maximum Gasteiger partial charge on any atom is 0.264 e. The van der Waals surface area contributed by atoms with Gasteiger partial charge in [0.15, 0.2) is 5.17 Å². The van der Waals surface area contributed by atoms with Gasteiger partial charge in [0.25, 0.3) is 5.91 Å². The zero-order valence-electron chi connectivity index (χ0n) is 15.1. The quantitative estimate of drug-likeness (QED) is 0.683. The lowest BCUT2D eigenvalue weighted by Gasteiger charge is -2.02. The molecular weight excluding hydrogens is 358 g/mol. The molecule has 3 aromatic rings. The maximum atomic E-state index is 12.4. The smallest absolute Gasteiger partial charge is 0.264 e. The fraction of sp³-hybridized carbons (Fsp3) is 0.143. The van der Waals surface area contributed by atoms with Crippen LogP contribution in [0.15, 0.2) is 64.6 Å². The highest BCUT2D eigenvalue weighted by Gasteiger charge is 2.24. The van der Waals surface area contributed by atoms with Gasteiger partial charge in [0, 0.05) is 29.7 Å². The van der Waals surface area contributed by atoms with E-state index in [4.69, 9.17) is 4.74 Å². The molecule has 1 aromatic heterocycles. The van der Waals surface area contributed by atoms with E-state index >= 15 is 0 Å². The van der Waals surface area contributed by atoms with Crippen LogP contribution in [0.1, 0.15) is 12.5 Å². The molecule has 27 heavy (non-hydrogen) atoms. The minimum atomic E-state index is -0.127. The van der Waals surface area contributed by atoms with Crippen molar-refractivity contribution in [3.8, 4) is 5.75 Å². The van der Waals surface area contributed by atoms with Gasteiger partial charge in [-0.15, -0.1) is 0 Å². The van der Waals surface area contributed by atoms with Crippen molar-refractivity contribution >= 4 is 45.5 Å². The Bertz CT molecular complexity index is 1060. The zero-order chi connectivity index (χ0) is 18.8. The summed E-state index contributed by atoms with van der Waals surface area (Å²) in [5.74, 6) is 0.679. The van der Waals surface area contributed by atoms with Crippen LogP contribution in [0.25, 0.3) is 17.0 Å². The third kappa shape index (κ3) is 3.61. The summed E-state index contributed by atoms with van der Waals surface area (Å²) < 4.78 is 7.50. The summed E-state index contributed by atoms with van der Waals surface area (Å²) in [5, 5.41) is 4.54. The van der Waals surface area contributed by atoms with Crippen molar-refractivity contribution in [2.75, 3.05) is 6.61 Å². The first kappa shape index (κ1) is 17.4. The first-order valence-electron chi connectivity index (χ1n) is 8.70. The minimum Gasteiger partial charge on any atom is -0.494 e. The van der Waals surface area contributed by atoms with Crippen LogP contribution in [0.4, 0.5) is 5.69 Å². The van der Waals surface area contributed by atoms with E-state index in [1.807, 2.05) is 62.6 Å². The number of carbonyl (C=O) groups excluding carboxylic acids is 1. The molecule has 0 aliphatic carbocycles. The molecule has 0 bridgehead atoms. The summed E-state index contributed by atoms with van der Waals surface area (Å²) in [6, 6.07) is 15.6. The molecule has 136 valence electrons. The summed E-state index contributed by atoms with van der Waals surface area (Å²) in [4.78, 5) is 17.5. The van der Waals surface area contributed by atoms with E-state index in [2.05, 4.69) is 27.0 Å². The fourth-order valence-electron chi connectivity index (χ4n) is 3.01. The van der Waals surface area contributed by atoms with Gasteiger partial charge in [0.2, 0.25) is 0 Å². The van der Waals surface area contributed by atoms with Crippen LogP contribution >= 0.6 is 11.8 Å². The third-order valence-electron chi connectivity index (χ3n) is 4.24. The Morgan fingerprint density at radius 3 is 2.74 bits per heavy atom. The van der Waals surface area contributed by atoms with Crippen LogP contribution in [0.5, 0.6) is 5.75 Å². The van der Waals surface area contributed by atoms with E-state index < -0.39 is 0 Å². The molecule has 1 N–H and O–H groups in total. The zero-order valence-corrected chi connectivity index (χ0v) is 15.9. The summed E-state index contributed by atoms with van der Waals surface area (Å²) in [5.41, 5.74) is 2.93. The van der Waals surface area contributed by atoms with E-state index in [1.54, 1.807) is 0 Å². The van der Waals surface area contributed by atoms with Gasteiger partial charge in [-0.3, -0.25) is 4.79 Å². The van der Waals surface area contributed by atoms with E-state index in [0.29, 0.717) is 16.7 Å². The van der Waals surface area contributed by atoms with Crippen molar-refractivity contribution < 1.29 is 9.53 Å². The van der Waals surface area contributed by atoms with Gasteiger partial charge in [0.05, 0.1) is 17.2 Å². The number of nitrogens with zero attached hydrogens (tertiary/aromatic N) is 2. The number of nitrogens with one attached hydrogen (secondary N) is 1. The van der Waals surface area contributed by atoms with Gasteiger partial charge in [-0.1, -0.05) is 18.2 Å². The standard InChI is InChI=1S/C21H19N3O2S/c1-3-26-16-10-8-15(9-11-16)22-21-23-20(25)19(27-21)12-14-13-24(2)18-7-5-4-6-17(14)18/h4-13H,3H2,1-2H3,(H,22,23,25)/b19-12+. The number of thioether (sulfide) groups is 1. The second kappa shape index (κ2) is 7.32. The summed E-state index contributed by atoms with van der Waals surface area (Å²) in [6.45, 7) is 2.57. The number of benzene rings is 2. The number of hydrogen-bond donors (Lipinski definition) is 1. The molecule has 0 atom stereocenters. The van der Waals surface area contributed by atoms with Crippen LogP contribution in [0.3, 0.4) is 0 Å². The Morgan fingerprint density at radius 2 is 1.96 bits per heavy atom. The molecule has 1 saturated heterocycles. The van der Waals surface area contributed by atoms with E-state index in [1.165, 1.54) is 11.8 Å². The molecule has 2 heterocycles. The molecule has 1 aliphatic heterocycles. The van der Waals surface area contributed by atoms with Crippen molar-refractivity contribution in [1.29, 1.82) is 0 Å². The molecule has 0 saturated carbocycles. The predicted molar refractivity (Wildman–Crippen MR) is 111 cm³/mol. The highest BCUT2D eigenvalue weighted by Crippen LogP contribution is 2.31. The molecule has 0 radical (unpaired) electrons. The number of amidine groups is 1. The Labute approximate surface area is 161 Å². The second-order valence-corrected chi connectivity index (χ2v) is 7.15. The van der Waals surface area contributed by atoms with Crippen molar-refractivity contribution in [2.45, 2.75) is 6.92 Å². The average molecular weight is 377 g/mol. The van der Waals surface area contributed by atoms with Gasteiger partial charge >= 0.3 is 0 Å². The fourth-order valence-corrected chi connectivity index (χ4v) is 3.84. The molecule has 2 aromatic carbocycles. The lowest BCUT2D eigenvalue weighted by atomic mass is 10.1. The number of fused-ring (bicyclic) bond motifs is 1. The average Bonchev–Trinajstić information content (AvgIpc) is 3.17. The number of para-hydroxylation sites is 1. The van der Waals surface area contributed by atoms with E-state index in [9.17, 15) is 4.79 Å². The molecular formula is C21H19N3O2S. The van der Waals surface area contributed by atoms with Crippen LogP contribution < -0.4 is 10.1 Å². The number of carbonyl (C=O) groups is 1. The Morgan fingerprint density at radius 1 is 1.19 bits per heavy atom. The number of ether oxygens (including phenoxy) is 1. The van der Waals surface area contributed by atoms with E-state index in [0.717, 1.165) is 27.9 Å². The monoisotopic (exact) mass is 377 g/mol. The van der Waals surface area contributed by atoms with Crippen LogP contribution in [-0.2, 0) is 11.8 Å². The molecule has 0 spiro atoms. The normalized spacial score (nSPS) is 17.0. The third-order valence-corrected chi connectivity index (χ3v) is 5.15. The van der Waals surface area contributed by atoms with Gasteiger partial charge in [-0.2, -0.15) is 0 Å². The molecule has 5 nitrogen and oxygen atoms in total. The lowest BCUT2D eigenvalue weighted by Crippen LogP contribution is -2.19. The first-order chi connectivity index (χ1) is 13.1. The Balaban J connectivity index is 1.59. The molecule has 0 unspecified atom stereocenters. The molecule has 1 aliphatic rings. The number of rotatable bonds is 4. The summed E-state index contributed by atoms with van der Waals surface area (Å²) >= 11 is 1.35. The Kier molecular flexibility index (Phi) is 4.73. The van der Waals surface area contributed by atoms with Gasteiger partial charge in [0.1, 0.15) is 5.75 Å². The number of aromatic nitrogens is 1. The second-order valence-electron chi connectivity index (χ2n) is 6.12. The lowest BCUT2D eigenvalue weighted by molar-refractivity contribution is -0.115. The van der Waals surface area contributed by atoms with Crippen molar-refractivity contribution in [3.05, 3.63) is 65.2 Å². The Hall–Kier alpha value is -2.99. The minimum absolute atomic E-state index is 0.127. The van der Waals surface area contributed by atoms with Crippen molar-refractivity contribution in [3.63, 3.8) is 0 Å². The largest absolute Gasteiger partial charge is 0.494 e. The van der Waals surface area contributed by atoms with Gasteiger partial charge in [-0.25, -0.2) is 4.99 Å². The molecule has 1 amide bonds. The molecule has 1 fully saturated rings. The first-order valence-corrected chi connectivity index (χ1v) is 9.52. The maximum absolute atomic E-state index is 12.4. The number of hydrogen-bond acceptors (Lipinski definition) is 4. The topological polar surface area (TPSA) is 55.6 Å². The van der Waals surface area contributed by atoms with Crippen LogP contribution in [0.2, 0.25) is 0 Å². The van der Waals surface area contributed by atoms with Crippen molar-refractivity contribution in [1.82, 2.24) is 9.88 Å². The van der Waals surface area contributed by atoms with Gasteiger partial charge in [-0.05, 0) is 55.1 Å². The SMILES string of the molecule is CCOc1ccc(N=C2NC(=O)/C(=C\c3cn(C)c4ccccc34)S2)cc1. The number of amides is 1. The summed E-state index contributed by atoms with van der Waals surface area (Å²) in [7, 11) is 2.00. The summed E-state index contributed by atoms with van der Waals surface area (Å²) in [6.07, 6.45) is 3.95. The van der Waals surface area contributed by atoms with Crippen LogP contribution in [0, 0.1) is 0 Å². The highest BCUT2D eigenvalue weighted by atomic mass is 32.2. The highest BCUT2D eigenvalue weighted by molar-refractivity contribution is 8.18. The van der Waals surface area contributed by atoms with E-state index in [-0.39, 0.29) is 5.91 Å². The predicted octanol–water partition coefficient (Wildman–Crippen LogP) is 4.47. The molecule has 4 rings (SSSR count). The van der Waals surface area contributed by atoms with Crippen LogP contribution in [-0.4, -0.2) is 22.2 Å². The number of aryl methyl sites for hydroxylation is 1. The number of aliphatic imine (C=N–C) groups is 1. The van der Waals surface area contributed by atoms with Gasteiger partial charge < -0.3 is 14.6 Å². The van der Waals surface area contributed by atoms with Crippen molar-refractivity contribution in [2.24, 2.45) is 12.0 Å². The molecule has 6 heteroatoms.